The molecule has 0 radical (unpaired) electrons. The lowest BCUT2D eigenvalue weighted by Gasteiger charge is -2.06. The standard InChI is InChI=1S/C16H10FN5/c1-22-7-12-13-9-2-3-18-16(9)20-6-11(13)10-4-8(17)5-19-14(10)15(12)21-22/h2-7,21H,1H3. The summed E-state index contributed by atoms with van der Waals surface area (Å²) in [6.45, 7) is 0. The van der Waals surface area contributed by atoms with Crippen LogP contribution in [0, 0.1) is 5.82 Å². The molecule has 0 saturated heterocycles. The monoisotopic (exact) mass is 291 g/mol. The average molecular weight is 291 g/mol. The smallest absolute Gasteiger partial charge is 0.159 e. The second-order valence-corrected chi connectivity index (χ2v) is 5.42. The van der Waals surface area contributed by atoms with Gasteiger partial charge in [-0.05, 0) is 12.1 Å². The van der Waals surface area contributed by atoms with E-state index in [0.29, 0.717) is 5.65 Å². The van der Waals surface area contributed by atoms with Crippen LogP contribution in [0.3, 0.4) is 0 Å². The van der Waals surface area contributed by atoms with Crippen molar-refractivity contribution in [1.29, 1.82) is 0 Å². The molecule has 0 unspecified atom stereocenters. The molecule has 0 bridgehead atoms. The third-order valence-electron chi connectivity index (χ3n) is 4.06. The van der Waals surface area contributed by atoms with Crippen LogP contribution in [0.5, 0.6) is 0 Å². The molecular formula is C16H10FN5. The Kier molecular flexibility index (Phi) is 2.00. The summed E-state index contributed by atoms with van der Waals surface area (Å²) in [5.74, 6) is -0.357. The number of nitrogens with zero attached hydrogens (tertiary/aromatic N) is 4. The van der Waals surface area contributed by atoms with Crippen LogP contribution >= 0.6 is 0 Å². The molecule has 0 aliphatic rings. The van der Waals surface area contributed by atoms with Crippen molar-refractivity contribution in [3.63, 3.8) is 0 Å². The maximum absolute atomic E-state index is 13.7. The molecule has 0 aliphatic carbocycles. The van der Waals surface area contributed by atoms with E-state index in [4.69, 9.17) is 0 Å². The number of pyridine rings is 2. The van der Waals surface area contributed by atoms with E-state index in [2.05, 4.69) is 20.1 Å². The Morgan fingerprint density at radius 1 is 1.05 bits per heavy atom. The van der Waals surface area contributed by atoms with Crippen molar-refractivity contribution in [3.05, 3.63) is 42.7 Å². The fourth-order valence-electron chi connectivity index (χ4n) is 3.20. The molecule has 1 N–H and O–H groups in total. The van der Waals surface area contributed by atoms with Gasteiger partial charge in [-0.2, -0.15) is 0 Å². The van der Waals surface area contributed by atoms with Gasteiger partial charge in [-0.25, -0.2) is 14.4 Å². The molecule has 0 atom stereocenters. The summed E-state index contributed by atoms with van der Waals surface area (Å²) in [5, 5.41) is 7.92. The quantitative estimate of drug-likeness (QED) is 0.445. The highest BCUT2D eigenvalue weighted by molar-refractivity contribution is 6.28. The van der Waals surface area contributed by atoms with Gasteiger partial charge in [-0.15, -0.1) is 0 Å². The molecule has 106 valence electrons. The van der Waals surface area contributed by atoms with Crippen molar-refractivity contribution in [2.75, 3.05) is 0 Å². The van der Waals surface area contributed by atoms with Crippen LogP contribution in [0.2, 0.25) is 0 Å². The van der Waals surface area contributed by atoms with Crippen molar-refractivity contribution in [2.24, 2.45) is 7.05 Å². The summed E-state index contributed by atoms with van der Waals surface area (Å²) in [4.78, 5) is 12.9. The molecule has 0 aliphatic heterocycles. The SMILES string of the molecule is Cn1cc2c([nH]1)c1ncc(F)cc1c1cnc3nccc3c12. The Hall–Kier alpha value is -3.02. The first-order valence-corrected chi connectivity index (χ1v) is 6.88. The van der Waals surface area contributed by atoms with Gasteiger partial charge in [0, 0.05) is 52.6 Å². The number of nitrogens with one attached hydrogen (secondary N) is 1. The Bertz CT molecular complexity index is 1200. The van der Waals surface area contributed by atoms with E-state index in [1.54, 1.807) is 12.4 Å². The third kappa shape index (κ3) is 1.34. The first kappa shape index (κ1) is 11.6. The lowest BCUT2D eigenvalue weighted by atomic mass is 10.0. The van der Waals surface area contributed by atoms with E-state index in [-0.39, 0.29) is 5.82 Å². The number of H-pyrrole nitrogens is 1. The lowest BCUT2D eigenvalue weighted by Crippen LogP contribution is -1.89. The predicted octanol–water partition coefficient (Wildman–Crippen LogP) is 3.29. The van der Waals surface area contributed by atoms with E-state index in [1.165, 1.54) is 12.3 Å². The zero-order valence-electron chi connectivity index (χ0n) is 11.6. The average Bonchev–Trinajstić information content (AvgIpc) is 3.12. The van der Waals surface area contributed by atoms with Crippen LogP contribution in [0.15, 0.2) is 36.9 Å². The van der Waals surface area contributed by atoms with E-state index < -0.39 is 0 Å². The normalized spacial score (nSPS) is 12.1. The van der Waals surface area contributed by atoms with Gasteiger partial charge >= 0.3 is 0 Å². The number of hydrogen-bond acceptors (Lipinski definition) is 3. The third-order valence-corrected chi connectivity index (χ3v) is 4.06. The predicted molar refractivity (Wildman–Crippen MR) is 83.1 cm³/mol. The number of aryl methyl sites for hydroxylation is 1. The topological polar surface area (TPSA) is 59.4 Å². The number of halogens is 1. The molecule has 0 spiro atoms. The molecular weight excluding hydrogens is 281 g/mol. The van der Waals surface area contributed by atoms with E-state index in [9.17, 15) is 4.39 Å². The van der Waals surface area contributed by atoms with Gasteiger partial charge in [0.1, 0.15) is 5.82 Å². The molecule has 6 heteroatoms. The number of aromatic nitrogens is 5. The molecule has 0 fully saturated rings. The van der Waals surface area contributed by atoms with Crippen LogP contribution in [0.25, 0.3) is 43.6 Å². The van der Waals surface area contributed by atoms with Crippen molar-refractivity contribution >= 4 is 43.6 Å². The molecule has 5 rings (SSSR count). The van der Waals surface area contributed by atoms with Crippen molar-refractivity contribution in [2.45, 2.75) is 0 Å². The Morgan fingerprint density at radius 2 is 1.95 bits per heavy atom. The van der Waals surface area contributed by atoms with Crippen molar-refractivity contribution in [1.82, 2.24) is 24.7 Å². The van der Waals surface area contributed by atoms with Crippen LogP contribution in [-0.2, 0) is 7.05 Å². The molecule has 4 heterocycles. The molecule has 22 heavy (non-hydrogen) atoms. The molecule has 0 saturated carbocycles. The summed E-state index contributed by atoms with van der Waals surface area (Å²) < 4.78 is 15.6. The number of fused-ring (bicyclic) bond motifs is 8. The highest BCUT2D eigenvalue weighted by Gasteiger charge is 2.15. The summed E-state index contributed by atoms with van der Waals surface area (Å²) in [6, 6.07) is 3.45. The number of aromatic amines is 1. The molecule has 4 aromatic heterocycles. The molecule has 5 aromatic rings. The lowest BCUT2D eigenvalue weighted by molar-refractivity contribution is 0.624. The first-order valence-electron chi connectivity index (χ1n) is 6.88. The van der Waals surface area contributed by atoms with Gasteiger partial charge in [0.25, 0.3) is 0 Å². The second kappa shape index (κ2) is 3.79. The Balaban J connectivity index is 2.23. The number of benzene rings is 1. The van der Waals surface area contributed by atoms with Gasteiger partial charge in [0.2, 0.25) is 0 Å². The van der Waals surface area contributed by atoms with Gasteiger partial charge in [0.15, 0.2) is 5.65 Å². The van der Waals surface area contributed by atoms with Crippen molar-refractivity contribution < 1.29 is 4.39 Å². The van der Waals surface area contributed by atoms with Crippen LogP contribution < -0.4 is 0 Å². The van der Waals surface area contributed by atoms with Crippen LogP contribution in [-0.4, -0.2) is 24.7 Å². The van der Waals surface area contributed by atoms with Gasteiger partial charge in [0.05, 0.1) is 17.2 Å². The summed E-state index contributed by atoms with van der Waals surface area (Å²) >= 11 is 0. The molecule has 1 aromatic carbocycles. The van der Waals surface area contributed by atoms with Crippen LogP contribution in [0.4, 0.5) is 4.39 Å². The molecule has 0 amide bonds. The van der Waals surface area contributed by atoms with Gasteiger partial charge in [-0.1, -0.05) is 0 Å². The summed E-state index contributed by atoms with van der Waals surface area (Å²) in [5.41, 5.74) is 2.32. The highest BCUT2D eigenvalue weighted by Crippen LogP contribution is 2.36. The number of rotatable bonds is 0. The van der Waals surface area contributed by atoms with Gasteiger partial charge in [-0.3, -0.25) is 14.8 Å². The van der Waals surface area contributed by atoms with Crippen LogP contribution in [0.1, 0.15) is 0 Å². The van der Waals surface area contributed by atoms with E-state index in [0.717, 1.165) is 38.0 Å². The van der Waals surface area contributed by atoms with E-state index >= 15 is 0 Å². The fraction of sp³-hybridized carbons (Fsp3) is 0.0625. The zero-order valence-corrected chi connectivity index (χ0v) is 11.6. The summed E-state index contributed by atoms with van der Waals surface area (Å²) in [7, 11) is 1.92. The minimum atomic E-state index is -0.357. The Morgan fingerprint density at radius 3 is 2.86 bits per heavy atom. The second-order valence-electron chi connectivity index (χ2n) is 5.42. The zero-order chi connectivity index (χ0) is 14.8. The maximum atomic E-state index is 13.7. The Labute approximate surface area is 123 Å². The largest absolute Gasteiger partial charge is 0.297 e. The minimum absolute atomic E-state index is 0.357. The first-order chi connectivity index (χ1) is 10.7. The number of hydrogen-bond donors (Lipinski definition) is 1. The maximum Gasteiger partial charge on any atom is 0.159 e. The van der Waals surface area contributed by atoms with Gasteiger partial charge < -0.3 is 0 Å². The highest BCUT2D eigenvalue weighted by atomic mass is 19.1. The fourth-order valence-corrected chi connectivity index (χ4v) is 3.20. The van der Waals surface area contributed by atoms with Crippen molar-refractivity contribution in [3.8, 4) is 0 Å². The van der Waals surface area contributed by atoms with E-state index in [1.807, 2.05) is 24.0 Å². The summed E-state index contributed by atoms with van der Waals surface area (Å²) in [6.07, 6.45) is 6.74. The minimum Gasteiger partial charge on any atom is -0.297 e. The molecule has 5 nitrogen and oxygen atoms in total.